The summed E-state index contributed by atoms with van der Waals surface area (Å²) in [5.41, 5.74) is 0.596. The Hall–Kier alpha value is -2.83. The van der Waals surface area contributed by atoms with Gasteiger partial charge in [-0.15, -0.1) is 0 Å². The zero-order valence-corrected chi connectivity index (χ0v) is 16.8. The molecule has 0 spiro atoms. The van der Waals surface area contributed by atoms with Crippen molar-refractivity contribution in [1.29, 1.82) is 0 Å². The van der Waals surface area contributed by atoms with Gasteiger partial charge in [-0.25, -0.2) is 4.98 Å². The Balaban J connectivity index is 2.13. The fourth-order valence-corrected chi connectivity index (χ4v) is 3.40. The number of hydrogen-bond acceptors (Lipinski definition) is 4. The van der Waals surface area contributed by atoms with Crippen molar-refractivity contribution >= 4 is 16.6 Å². The molecule has 0 radical (unpaired) electrons. The third-order valence-electron chi connectivity index (χ3n) is 5.49. The minimum Gasteiger partial charge on any atom is -0.481 e. The zero-order valence-electron chi connectivity index (χ0n) is 16.8. The van der Waals surface area contributed by atoms with Crippen molar-refractivity contribution in [2.45, 2.75) is 39.4 Å². The predicted octanol–water partition coefficient (Wildman–Crippen LogP) is 6.08. The summed E-state index contributed by atoms with van der Waals surface area (Å²) in [6.45, 7) is 4.67. The van der Waals surface area contributed by atoms with E-state index in [1.54, 1.807) is 31.2 Å². The van der Waals surface area contributed by atoms with E-state index in [0.29, 0.717) is 17.1 Å². The normalized spacial score (nSPS) is 15.0. The maximum Gasteiger partial charge on any atom is 0.396 e. The molecule has 29 heavy (non-hydrogen) atoms. The van der Waals surface area contributed by atoms with Gasteiger partial charge in [0.05, 0.1) is 24.1 Å². The van der Waals surface area contributed by atoms with Gasteiger partial charge in [-0.1, -0.05) is 19.1 Å². The van der Waals surface area contributed by atoms with E-state index in [2.05, 4.69) is 15.3 Å². The first-order chi connectivity index (χ1) is 13.7. The number of nitrogens with one attached hydrogen (secondary N) is 1. The van der Waals surface area contributed by atoms with Crippen molar-refractivity contribution in [1.82, 2.24) is 9.97 Å². The van der Waals surface area contributed by atoms with Crippen molar-refractivity contribution in [2.24, 2.45) is 5.41 Å². The third kappa shape index (κ3) is 3.99. The SMILES string of the molecule is CCC(C)(C(Nc1cccc2nc(C)ccc12)c1ccc(OC)nc1)C(F)(F)F. The van der Waals surface area contributed by atoms with Crippen LogP contribution in [0.4, 0.5) is 18.9 Å². The molecule has 0 bridgehead atoms. The minimum atomic E-state index is -4.42. The van der Waals surface area contributed by atoms with E-state index < -0.39 is 17.6 Å². The first-order valence-corrected chi connectivity index (χ1v) is 9.39. The van der Waals surface area contributed by atoms with Crippen LogP contribution in [0.5, 0.6) is 5.88 Å². The number of aryl methyl sites for hydroxylation is 1. The lowest BCUT2D eigenvalue weighted by molar-refractivity contribution is -0.225. The van der Waals surface area contributed by atoms with E-state index in [1.165, 1.54) is 20.2 Å². The number of hydrogen-bond donors (Lipinski definition) is 1. The van der Waals surface area contributed by atoms with Gasteiger partial charge in [0, 0.05) is 29.0 Å². The first-order valence-electron chi connectivity index (χ1n) is 9.39. The van der Waals surface area contributed by atoms with Crippen molar-refractivity contribution in [2.75, 3.05) is 12.4 Å². The highest BCUT2D eigenvalue weighted by Gasteiger charge is 2.55. The Morgan fingerprint density at radius 2 is 1.86 bits per heavy atom. The molecule has 7 heteroatoms. The fourth-order valence-electron chi connectivity index (χ4n) is 3.40. The molecule has 154 valence electrons. The number of rotatable bonds is 6. The summed E-state index contributed by atoms with van der Waals surface area (Å²) >= 11 is 0. The number of methoxy groups -OCH3 is 1. The van der Waals surface area contributed by atoms with Crippen LogP contribution in [0.3, 0.4) is 0 Å². The van der Waals surface area contributed by atoms with Crippen LogP contribution in [-0.4, -0.2) is 23.3 Å². The van der Waals surface area contributed by atoms with Gasteiger partial charge in [0.2, 0.25) is 5.88 Å². The molecule has 3 rings (SSSR count). The summed E-state index contributed by atoms with van der Waals surface area (Å²) in [7, 11) is 1.47. The summed E-state index contributed by atoms with van der Waals surface area (Å²) in [5.74, 6) is 0.350. The van der Waals surface area contributed by atoms with Gasteiger partial charge in [0.15, 0.2) is 0 Å². The molecule has 0 fully saturated rings. The van der Waals surface area contributed by atoms with Crippen molar-refractivity contribution in [3.8, 4) is 5.88 Å². The lowest BCUT2D eigenvalue weighted by Crippen LogP contribution is -2.43. The summed E-state index contributed by atoms with van der Waals surface area (Å²) in [6.07, 6.45) is -3.08. The van der Waals surface area contributed by atoms with Crippen LogP contribution < -0.4 is 10.1 Å². The number of aromatic nitrogens is 2. The molecule has 0 aliphatic heterocycles. The van der Waals surface area contributed by atoms with Crippen LogP contribution in [-0.2, 0) is 0 Å². The van der Waals surface area contributed by atoms with Crippen LogP contribution in [0.15, 0.2) is 48.7 Å². The molecule has 2 atom stereocenters. The molecular weight excluding hydrogens is 379 g/mol. The molecule has 4 nitrogen and oxygen atoms in total. The Morgan fingerprint density at radius 3 is 2.45 bits per heavy atom. The topological polar surface area (TPSA) is 47.0 Å². The number of anilines is 1. The number of ether oxygens (including phenoxy) is 1. The summed E-state index contributed by atoms with van der Waals surface area (Å²) < 4.78 is 47.5. The quantitative estimate of drug-likeness (QED) is 0.542. The molecule has 2 aromatic heterocycles. The first kappa shape index (κ1) is 20.9. The van der Waals surface area contributed by atoms with E-state index in [9.17, 15) is 13.2 Å². The van der Waals surface area contributed by atoms with Gasteiger partial charge < -0.3 is 10.1 Å². The average molecular weight is 403 g/mol. The van der Waals surface area contributed by atoms with Gasteiger partial charge in [-0.2, -0.15) is 13.2 Å². The van der Waals surface area contributed by atoms with Crippen molar-refractivity contribution in [3.05, 3.63) is 59.9 Å². The highest BCUT2D eigenvalue weighted by Crippen LogP contribution is 2.51. The number of fused-ring (bicyclic) bond motifs is 1. The molecule has 0 saturated carbocycles. The van der Waals surface area contributed by atoms with Crippen molar-refractivity contribution < 1.29 is 17.9 Å². The molecule has 0 amide bonds. The van der Waals surface area contributed by atoms with E-state index in [0.717, 1.165) is 16.6 Å². The van der Waals surface area contributed by atoms with Crippen LogP contribution in [0.1, 0.15) is 37.6 Å². The highest BCUT2D eigenvalue weighted by molar-refractivity contribution is 5.91. The fraction of sp³-hybridized carbons (Fsp3) is 0.364. The van der Waals surface area contributed by atoms with Crippen molar-refractivity contribution in [3.63, 3.8) is 0 Å². The standard InChI is InChI=1S/C22H24F3N3O/c1-5-21(3,22(23,24)25)20(15-10-12-19(29-4)26-13-15)28-18-8-6-7-17-16(18)11-9-14(2)27-17/h6-13,20,28H,5H2,1-4H3. The largest absolute Gasteiger partial charge is 0.481 e. The van der Waals surface area contributed by atoms with Crippen LogP contribution in [0.25, 0.3) is 10.9 Å². The Labute approximate surface area is 168 Å². The molecule has 2 heterocycles. The zero-order chi connectivity index (χ0) is 21.2. The number of benzene rings is 1. The molecule has 1 aromatic carbocycles. The number of nitrogens with zero attached hydrogens (tertiary/aromatic N) is 2. The molecule has 0 aliphatic carbocycles. The lowest BCUT2D eigenvalue weighted by atomic mass is 9.76. The summed E-state index contributed by atoms with van der Waals surface area (Å²) in [4.78, 5) is 8.60. The summed E-state index contributed by atoms with van der Waals surface area (Å²) in [6, 6.07) is 11.3. The second-order valence-electron chi connectivity index (χ2n) is 7.30. The number of alkyl halides is 3. The Morgan fingerprint density at radius 1 is 1.10 bits per heavy atom. The third-order valence-corrected chi connectivity index (χ3v) is 5.49. The highest BCUT2D eigenvalue weighted by atomic mass is 19.4. The Kier molecular flexibility index (Phi) is 5.68. The van der Waals surface area contributed by atoms with Crippen LogP contribution in [0, 0.1) is 12.3 Å². The molecule has 2 unspecified atom stereocenters. The van der Waals surface area contributed by atoms with E-state index in [4.69, 9.17) is 4.74 Å². The van der Waals surface area contributed by atoms with Crippen LogP contribution >= 0.6 is 0 Å². The van der Waals surface area contributed by atoms with Gasteiger partial charge in [0.1, 0.15) is 0 Å². The van der Waals surface area contributed by atoms with E-state index in [1.807, 2.05) is 25.1 Å². The maximum absolute atomic E-state index is 14.2. The van der Waals surface area contributed by atoms with Gasteiger partial charge in [0.25, 0.3) is 0 Å². The summed E-state index contributed by atoms with van der Waals surface area (Å²) in [5, 5.41) is 3.92. The second kappa shape index (κ2) is 7.89. The van der Waals surface area contributed by atoms with E-state index in [-0.39, 0.29) is 6.42 Å². The molecule has 3 aromatic rings. The number of pyridine rings is 2. The Bertz CT molecular complexity index is 989. The van der Waals surface area contributed by atoms with Gasteiger partial charge in [-0.05, 0) is 50.1 Å². The van der Waals surface area contributed by atoms with Crippen LogP contribution in [0.2, 0.25) is 0 Å². The predicted molar refractivity (Wildman–Crippen MR) is 108 cm³/mol. The lowest BCUT2D eigenvalue weighted by Gasteiger charge is -2.39. The monoisotopic (exact) mass is 403 g/mol. The molecule has 0 aliphatic rings. The second-order valence-corrected chi connectivity index (χ2v) is 7.30. The molecule has 0 saturated heterocycles. The van der Waals surface area contributed by atoms with E-state index >= 15 is 0 Å². The molecule has 1 N–H and O–H groups in total. The molecular formula is C22H24F3N3O. The number of halogens is 3. The maximum atomic E-state index is 14.2. The van der Waals surface area contributed by atoms with Gasteiger partial charge >= 0.3 is 6.18 Å². The van der Waals surface area contributed by atoms with Gasteiger partial charge in [-0.3, -0.25) is 4.98 Å². The average Bonchev–Trinajstić information content (AvgIpc) is 2.70. The minimum absolute atomic E-state index is 0.0949. The smallest absolute Gasteiger partial charge is 0.396 e.